The number of carbonyl (C=O) groups is 2. The van der Waals surface area contributed by atoms with Crippen molar-refractivity contribution < 1.29 is 14.3 Å². The van der Waals surface area contributed by atoms with Crippen LogP contribution in [0.25, 0.3) is 0 Å². The molecule has 3 unspecified atom stereocenters. The number of carbonyl (C=O) groups excluding carboxylic acids is 2. The van der Waals surface area contributed by atoms with Gasteiger partial charge in [-0.2, -0.15) is 0 Å². The van der Waals surface area contributed by atoms with E-state index in [4.69, 9.17) is 4.74 Å². The molecule has 4 aliphatic rings. The summed E-state index contributed by atoms with van der Waals surface area (Å²) in [5.41, 5.74) is -0.208. The maximum Gasteiger partial charge on any atom is 0.327 e. The molecule has 0 radical (unpaired) electrons. The van der Waals surface area contributed by atoms with Crippen molar-refractivity contribution in [2.24, 2.45) is 5.92 Å². The smallest absolute Gasteiger partial charge is 0.327 e. The summed E-state index contributed by atoms with van der Waals surface area (Å²) in [4.78, 5) is 31.7. The molecular weight excluding hydrogens is 306 g/mol. The maximum absolute atomic E-state index is 13.0. The fraction of sp³-hybridized carbons (Fsp3) is 0.889. The van der Waals surface area contributed by atoms with Crippen molar-refractivity contribution in [3.05, 3.63) is 0 Å². The molecule has 0 aromatic rings. The van der Waals surface area contributed by atoms with Crippen molar-refractivity contribution in [2.75, 3.05) is 32.8 Å². The molecule has 0 aromatic carbocycles. The van der Waals surface area contributed by atoms with E-state index in [-0.39, 0.29) is 23.5 Å². The second-order valence-corrected chi connectivity index (χ2v) is 8.39. The molecule has 4 fully saturated rings. The molecule has 6 heteroatoms. The minimum atomic E-state index is -0.208. The summed E-state index contributed by atoms with van der Waals surface area (Å²) in [5, 5.41) is 0. The number of fused-ring (bicyclic) bond motifs is 3. The summed E-state index contributed by atoms with van der Waals surface area (Å²) in [6.07, 6.45) is 5.56. The second kappa shape index (κ2) is 5.99. The van der Waals surface area contributed by atoms with Crippen LogP contribution in [-0.2, 0) is 9.53 Å². The Bertz CT molecular complexity index is 530. The number of amides is 3. The van der Waals surface area contributed by atoms with Crippen molar-refractivity contribution in [1.82, 2.24) is 14.7 Å². The van der Waals surface area contributed by atoms with Crippen LogP contribution in [0, 0.1) is 5.92 Å². The molecule has 0 aromatic heterocycles. The van der Waals surface area contributed by atoms with Gasteiger partial charge in [-0.25, -0.2) is 4.79 Å². The molecule has 3 aliphatic heterocycles. The Labute approximate surface area is 144 Å². The zero-order valence-corrected chi connectivity index (χ0v) is 14.9. The van der Waals surface area contributed by atoms with E-state index in [9.17, 15) is 9.59 Å². The van der Waals surface area contributed by atoms with E-state index in [1.54, 1.807) is 0 Å². The van der Waals surface area contributed by atoms with E-state index in [2.05, 4.69) is 18.7 Å². The minimum absolute atomic E-state index is 0.0377. The van der Waals surface area contributed by atoms with Gasteiger partial charge in [-0.3, -0.25) is 14.6 Å². The largest absolute Gasteiger partial charge is 0.379 e. The summed E-state index contributed by atoms with van der Waals surface area (Å²) >= 11 is 0. The average molecular weight is 335 g/mol. The Morgan fingerprint density at radius 3 is 2.58 bits per heavy atom. The highest BCUT2D eigenvalue weighted by molar-refractivity contribution is 6.05. The highest BCUT2D eigenvalue weighted by Crippen LogP contribution is 2.43. The summed E-state index contributed by atoms with van der Waals surface area (Å²) in [6, 6.07) is 0.0727. The number of ether oxygens (including phenoxy) is 1. The first kappa shape index (κ1) is 16.3. The number of morpholine rings is 1. The third-order valence-electron chi connectivity index (χ3n) is 6.50. The van der Waals surface area contributed by atoms with Crippen molar-refractivity contribution in [3.8, 4) is 0 Å². The quantitative estimate of drug-likeness (QED) is 0.737. The molecule has 1 saturated carbocycles. The van der Waals surface area contributed by atoms with Crippen LogP contribution in [-0.4, -0.2) is 77.1 Å². The first-order valence-electron chi connectivity index (χ1n) is 9.45. The number of hydrogen-bond donors (Lipinski definition) is 0. The lowest BCUT2D eigenvalue weighted by Crippen LogP contribution is -2.56. The Kier molecular flexibility index (Phi) is 4.07. The van der Waals surface area contributed by atoms with Crippen LogP contribution in [0.2, 0.25) is 0 Å². The van der Waals surface area contributed by atoms with Gasteiger partial charge in [-0.15, -0.1) is 0 Å². The lowest BCUT2D eigenvalue weighted by atomic mass is 9.84. The Hall–Kier alpha value is -1.14. The standard InChI is InChI=1S/C18H29N3O3/c1-18(2,19-7-9-24-10-8-19)12-20-16(22)15-11-13-5-3-4-6-14(13)21(15)17(20)23/h13-15H,3-12H2,1-2H3. The summed E-state index contributed by atoms with van der Waals surface area (Å²) in [7, 11) is 0. The fourth-order valence-electron chi connectivity index (χ4n) is 5.17. The number of imide groups is 1. The minimum Gasteiger partial charge on any atom is -0.379 e. The summed E-state index contributed by atoms with van der Waals surface area (Å²) in [6.45, 7) is 7.92. The summed E-state index contributed by atoms with van der Waals surface area (Å²) in [5.74, 6) is 0.585. The lowest BCUT2D eigenvalue weighted by Gasteiger charge is -2.42. The zero-order valence-electron chi connectivity index (χ0n) is 14.9. The molecule has 3 heterocycles. The van der Waals surface area contributed by atoms with Crippen LogP contribution in [0.4, 0.5) is 4.79 Å². The molecule has 0 spiro atoms. The molecule has 6 nitrogen and oxygen atoms in total. The van der Waals surface area contributed by atoms with Gasteiger partial charge in [0.1, 0.15) is 6.04 Å². The Morgan fingerprint density at radius 2 is 1.83 bits per heavy atom. The first-order valence-corrected chi connectivity index (χ1v) is 9.45. The van der Waals surface area contributed by atoms with E-state index in [0.717, 1.165) is 39.1 Å². The van der Waals surface area contributed by atoms with Crippen molar-refractivity contribution in [1.29, 1.82) is 0 Å². The van der Waals surface area contributed by atoms with Crippen molar-refractivity contribution in [3.63, 3.8) is 0 Å². The van der Waals surface area contributed by atoms with Gasteiger partial charge in [0.2, 0.25) is 0 Å². The first-order chi connectivity index (χ1) is 11.5. The van der Waals surface area contributed by atoms with E-state index >= 15 is 0 Å². The van der Waals surface area contributed by atoms with Gasteiger partial charge in [0.15, 0.2) is 0 Å². The Balaban J connectivity index is 1.49. The molecule has 24 heavy (non-hydrogen) atoms. The third-order valence-corrected chi connectivity index (χ3v) is 6.50. The van der Waals surface area contributed by atoms with E-state index in [0.29, 0.717) is 18.5 Å². The molecule has 3 amide bonds. The lowest BCUT2D eigenvalue weighted by molar-refractivity contribution is -0.129. The average Bonchev–Trinajstić information content (AvgIpc) is 3.07. The molecule has 134 valence electrons. The van der Waals surface area contributed by atoms with Crippen LogP contribution in [0.3, 0.4) is 0 Å². The van der Waals surface area contributed by atoms with Gasteiger partial charge < -0.3 is 9.64 Å². The fourth-order valence-corrected chi connectivity index (χ4v) is 5.17. The Morgan fingerprint density at radius 1 is 1.12 bits per heavy atom. The van der Waals surface area contributed by atoms with Gasteiger partial charge in [0.05, 0.1) is 13.2 Å². The molecule has 0 bridgehead atoms. The van der Waals surface area contributed by atoms with E-state index in [1.807, 2.05) is 4.90 Å². The number of hydrogen-bond acceptors (Lipinski definition) is 4. The normalized spacial score (nSPS) is 34.7. The van der Waals surface area contributed by atoms with Crippen molar-refractivity contribution >= 4 is 11.9 Å². The number of rotatable bonds is 3. The summed E-state index contributed by atoms with van der Waals surface area (Å²) < 4.78 is 5.43. The number of nitrogens with zero attached hydrogens (tertiary/aromatic N) is 3. The van der Waals surface area contributed by atoms with E-state index in [1.165, 1.54) is 24.2 Å². The topological polar surface area (TPSA) is 53.1 Å². The van der Waals surface area contributed by atoms with Gasteiger partial charge in [-0.1, -0.05) is 12.8 Å². The van der Waals surface area contributed by atoms with E-state index < -0.39 is 0 Å². The highest BCUT2D eigenvalue weighted by atomic mass is 16.5. The zero-order chi connectivity index (χ0) is 16.9. The predicted octanol–water partition coefficient (Wildman–Crippen LogP) is 1.69. The van der Waals surface area contributed by atoms with Gasteiger partial charge in [0, 0.05) is 31.2 Å². The van der Waals surface area contributed by atoms with Crippen LogP contribution in [0.15, 0.2) is 0 Å². The maximum atomic E-state index is 13.0. The van der Waals surface area contributed by atoms with Crippen LogP contribution >= 0.6 is 0 Å². The van der Waals surface area contributed by atoms with Gasteiger partial charge >= 0.3 is 6.03 Å². The molecule has 1 aliphatic carbocycles. The molecular formula is C18H29N3O3. The van der Waals surface area contributed by atoms with Crippen LogP contribution in [0.5, 0.6) is 0 Å². The molecule has 0 N–H and O–H groups in total. The van der Waals surface area contributed by atoms with Gasteiger partial charge in [0.25, 0.3) is 5.91 Å². The number of urea groups is 1. The third kappa shape index (κ3) is 2.54. The predicted molar refractivity (Wildman–Crippen MR) is 89.6 cm³/mol. The van der Waals surface area contributed by atoms with Gasteiger partial charge in [-0.05, 0) is 39.0 Å². The van der Waals surface area contributed by atoms with Crippen LogP contribution in [0.1, 0.15) is 46.0 Å². The SMILES string of the molecule is CC(C)(CN1C(=O)C2CC3CCCCC3N2C1=O)N1CCOCC1. The second-order valence-electron chi connectivity index (χ2n) is 8.39. The molecule has 3 saturated heterocycles. The highest BCUT2D eigenvalue weighted by Gasteiger charge is 2.56. The molecule has 4 rings (SSSR count). The molecule has 3 atom stereocenters. The monoisotopic (exact) mass is 335 g/mol. The van der Waals surface area contributed by atoms with Crippen molar-refractivity contribution in [2.45, 2.75) is 63.6 Å². The van der Waals surface area contributed by atoms with Crippen LogP contribution < -0.4 is 0 Å².